The first-order chi connectivity index (χ1) is 12.6. The van der Waals surface area contributed by atoms with E-state index in [0.29, 0.717) is 18.5 Å². The summed E-state index contributed by atoms with van der Waals surface area (Å²) in [5.74, 6) is 0.688. The van der Waals surface area contributed by atoms with Crippen molar-refractivity contribution in [3.63, 3.8) is 0 Å². The highest BCUT2D eigenvalue weighted by Crippen LogP contribution is 2.20. The molecule has 2 atom stereocenters. The van der Waals surface area contributed by atoms with E-state index < -0.39 is 0 Å². The third-order valence-corrected chi connectivity index (χ3v) is 4.82. The Bertz CT molecular complexity index is 583. The van der Waals surface area contributed by atoms with Gasteiger partial charge in [0, 0.05) is 45.2 Å². The van der Waals surface area contributed by atoms with E-state index in [-0.39, 0.29) is 29.9 Å². The van der Waals surface area contributed by atoms with Gasteiger partial charge in [-0.3, -0.25) is 14.7 Å². The molecule has 1 aromatic rings. The van der Waals surface area contributed by atoms with E-state index >= 15 is 0 Å². The minimum absolute atomic E-state index is 0. The maximum Gasteiger partial charge on any atom is 0.305 e. The monoisotopic (exact) mass is 488 g/mol. The van der Waals surface area contributed by atoms with Crippen molar-refractivity contribution in [1.82, 2.24) is 15.5 Å². The molecule has 6 nitrogen and oxygen atoms in total. The number of halogens is 1. The number of nitrogens with one attached hydrogen (secondary N) is 2. The van der Waals surface area contributed by atoms with Gasteiger partial charge in [0.25, 0.3) is 0 Å². The highest BCUT2D eigenvalue weighted by molar-refractivity contribution is 14.0. The number of rotatable bonds is 8. The van der Waals surface area contributed by atoms with Crippen molar-refractivity contribution in [3.8, 4) is 0 Å². The maximum absolute atomic E-state index is 11.1. The lowest BCUT2D eigenvalue weighted by Gasteiger charge is -2.21. The number of ether oxygens (including phenoxy) is 1. The molecule has 1 fully saturated rings. The van der Waals surface area contributed by atoms with E-state index in [1.54, 1.807) is 7.05 Å². The lowest BCUT2D eigenvalue weighted by molar-refractivity contribution is -0.140. The van der Waals surface area contributed by atoms with Crippen molar-refractivity contribution in [2.24, 2.45) is 4.99 Å². The van der Waals surface area contributed by atoms with Gasteiger partial charge in [-0.25, -0.2) is 0 Å². The number of benzene rings is 1. The molecule has 2 N–H and O–H groups in total. The standard InChI is InChI=1S/C20H32N4O2.HI/c1-16-13-18(15-24(16)14-17-9-5-4-6-10-17)23-20(21-2)22-12-8-7-11-19(25)26-3;/h4-6,9-10,16,18H,7-8,11-15H2,1-3H3,(H2,21,22,23);1H. The zero-order chi connectivity index (χ0) is 18.8. The van der Waals surface area contributed by atoms with Crippen LogP contribution in [-0.4, -0.2) is 56.2 Å². The molecule has 0 aromatic heterocycles. The van der Waals surface area contributed by atoms with Crippen LogP contribution >= 0.6 is 24.0 Å². The molecule has 27 heavy (non-hydrogen) atoms. The molecule has 1 aromatic carbocycles. The van der Waals surface area contributed by atoms with Gasteiger partial charge in [0.15, 0.2) is 5.96 Å². The fourth-order valence-corrected chi connectivity index (χ4v) is 3.33. The molecule has 0 bridgehead atoms. The topological polar surface area (TPSA) is 66.0 Å². The van der Waals surface area contributed by atoms with Crippen LogP contribution < -0.4 is 10.6 Å². The Hall–Kier alpha value is -1.35. The third kappa shape index (κ3) is 8.47. The summed E-state index contributed by atoms with van der Waals surface area (Å²) < 4.78 is 4.65. The van der Waals surface area contributed by atoms with Crippen LogP contribution in [-0.2, 0) is 16.1 Å². The second kappa shape index (κ2) is 12.9. The zero-order valence-corrected chi connectivity index (χ0v) is 18.9. The van der Waals surface area contributed by atoms with Gasteiger partial charge in [0.2, 0.25) is 0 Å². The van der Waals surface area contributed by atoms with Gasteiger partial charge in [0.1, 0.15) is 0 Å². The van der Waals surface area contributed by atoms with E-state index in [4.69, 9.17) is 0 Å². The lowest BCUT2D eigenvalue weighted by Crippen LogP contribution is -2.44. The van der Waals surface area contributed by atoms with Crippen molar-refractivity contribution in [2.75, 3.05) is 27.2 Å². The number of guanidine groups is 1. The normalized spacial score (nSPS) is 20.0. The molecule has 7 heteroatoms. The van der Waals surface area contributed by atoms with Crippen LogP contribution in [0.4, 0.5) is 0 Å². The Morgan fingerprint density at radius 2 is 2.04 bits per heavy atom. The summed E-state index contributed by atoms with van der Waals surface area (Å²) in [6, 6.07) is 11.6. The first-order valence-electron chi connectivity index (χ1n) is 9.44. The third-order valence-electron chi connectivity index (χ3n) is 4.82. The van der Waals surface area contributed by atoms with E-state index in [1.165, 1.54) is 12.7 Å². The summed E-state index contributed by atoms with van der Waals surface area (Å²) in [6.07, 6.45) is 3.31. The van der Waals surface area contributed by atoms with E-state index in [2.05, 4.69) is 62.5 Å². The fourth-order valence-electron chi connectivity index (χ4n) is 3.33. The van der Waals surface area contributed by atoms with Crippen molar-refractivity contribution in [3.05, 3.63) is 35.9 Å². The predicted octanol–water partition coefficient (Wildman–Crippen LogP) is 2.78. The van der Waals surface area contributed by atoms with Crippen molar-refractivity contribution in [1.29, 1.82) is 0 Å². The maximum atomic E-state index is 11.1. The summed E-state index contributed by atoms with van der Waals surface area (Å²) in [5.41, 5.74) is 1.35. The Labute approximate surface area is 180 Å². The van der Waals surface area contributed by atoms with Crippen LogP contribution in [0.25, 0.3) is 0 Å². The van der Waals surface area contributed by atoms with Crippen LogP contribution in [0, 0.1) is 0 Å². The average molecular weight is 488 g/mol. The summed E-state index contributed by atoms with van der Waals surface area (Å²) in [4.78, 5) is 17.9. The first-order valence-corrected chi connectivity index (χ1v) is 9.44. The fraction of sp³-hybridized carbons (Fsp3) is 0.600. The van der Waals surface area contributed by atoms with Crippen LogP contribution in [0.5, 0.6) is 0 Å². The van der Waals surface area contributed by atoms with Crippen LogP contribution in [0.2, 0.25) is 0 Å². The molecular formula is C20H33IN4O2. The highest BCUT2D eigenvalue weighted by atomic mass is 127. The van der Waals surface area contributed by atoms with Gasteiger partial charge in [-0.2, -0.15) is 0 Å². The number of hydrogen-bond donors (Lipinski definition) is 2. The Kier molecular flexibility index (Phi) is 11.3. The minimum Gasteiger partial charge on any atom is -0.469 e. The molecule has 0 saturated carbocycles. The predicted molar refractivity (Wildman–Crippen MR) is 120 cm³/mol. The van der Waals surface area contributed by atoms with Crippen LogP contribution in [0.3, 0.4) is 0 Å². The average Bonchev–Trinajstić information content (AvgIpc) is 3.00. The number of unbranched alkanes of at least 4 members (excludes halogenated alkanes) is 1. The molecule has 0 spiro atoms. The number of hydrogen-bond acceptors (Lipinski definition) is 4. The number of methoxy groups -OCH3 is 1. The molecule has 1 aliphatic heterocycles. The Morgan fingerprint density at radius 1 is 1.30 bits per heavy atom. The van der Waals surface area contributed by atoms with Gasteiger partial charge >= 0.3 is 5.97 Å². The zero-order valence-electron chi connectivity index (χ0n) is 16.6. The van der Waals surface area contributed by atoms with Gasteiger partial charge < -0.3 is 15.4 Å². The SMILES string of the molecule is CN=C(NCCCCC(=O)OC)NC1CC(C)N(Cc2ccccc2)C1.I. The molecule has 2 unspecified atom stereocenters. The van der Waals surface area contributed by atoms with Gasteiger partial charge in [-0.15, -0.1) is 24.0 Å². The quantitative estimate of drug-likeness (QED) is 0.194. The summed E-state index contributed by atoms with van der Waals surface area (Å²) in [7, 11) is 3.22. The molecule has 1 aliphatic rings. The Balaban J connectivity index is 0.00000364. The minimum atomic E-state index is -0.147. The van der Waals surface area contributed by atoms with Crippen molar-refractivity contribution in [2.45, 2.75) is 51.2 Å². The number of nitrogens with zero attached hydrogens (tertiary/aromatic N) is 2. The first kappa shape index (κ1) is 23.7. The summed E-state index contributed by atoms with van der Waals surface area (Å²) >= 11 is 0. The molecule has 1 saturated heterocycles. The number of aliphatic imine (C=N–C) groups is 1. The van der Waals surface area contributed by atoms with E-state index in [9.17, 15) is 4.79 Å². The van der Waals surface area contributed by atoms with Crippen LogP contribution in [0.15, 0.2) is 35.3 Å². The van der Waals surface area contributed by atoms with E-state index in [0.717, 1.165) is 44.9 Å². The summed E-state index contributed by atoms with van der Waals surface area (Å²) in [5, 5.41) is 6.86. The van der Waals surface area contributed by atoms with Gasteiger partial charge in [-0.05, 0) is 31.7 Å². The molecule has 1 heterocycles. The Morgan fingerprint density at radius 3 is 2.70 bits per heavy atom. The van der Waals surface area contributed by atoms with E-state index in [1.807, 2.05) is 0 Å². The molecule has 2 rings (SSSR count). The molecule has 152 valence electrons. The van der Waals surface area contributed by atoms with Crippen molar-refractivity contribution < 1.29 is 9.53 Å². The largest absolute Gasteiger partial charge is 0.469 e. The second-order valence-corrected chi connectivity index (χ2v) is 6.87. The number of esters is 1. The molecule has 0 radical (unpaired) electrons. The highest BCUT2D eigenvalue weighted by Gasteiger charge is 2.29. The smallest absolute Gasteiger partial charge is 0.305 e. The van der Waals surface area contributed by atoms with Gasteiger partial charge in [-0.1, -0.05) is 30.3 Å². The lowest BCUT2D eigenvalue weighted by atomic mass is 10.2. The molecule has 0 amide bonds. The number of carbonyl (C=O) groups is 1. The van der Waals surface area contributed by atoms with Crippen LogP contribution in [0.1, 0.15) is 38.2 Å². The molecular weight excluding hydrogens is 455 g/mol. The molecule has 0 aliphatic carbocycles. The number of carbonyl (C=O) groups excluding carboxylic acids is 1. The number of likely N-dealkylation sites (tertiary alicyclic amines) is 1. The summed E-state index contributed by atoms with van der Waals surface area (Å²) in [6.45, 7) is 5.08. The van der Waals surface area contributed by atoms with Gasteiger partial charge in [0.05, 0.1) is 7.11 Å². The second-order valence-electron chi connectivity index (χ2n) is 6.87. The van der Waals surface area contributed by atoms with Crippen molar-refractivity contribution >= 4 is 35.9 Å².